The van der Waals surface area contributed by atoms with E-state index >= 15 is 0 Å². The van der Waals surface area contributed by atoms with Crippen molar-refractivity contribution in [3.05, 3.63) is 52.1 Å². The Morgan fingerprint density at radius 3 is 2.59 bits per heavy atom. The first-order valence-corrected chi connectivity index (χ1v) is 11.2. The molecule has 27 heavy (non-hydrogen) atoms. The summed E-state index contributed by atoms with van der Waals surface area (Å²) in [5, 5.41) is 2.01. The third kappa shape index (κ3) is 4.34. The normalized spacial score (nSPS) is 16.4. The fourth-order valence-electron chi connectivity index (χ4n) is 3.19. The van der Waals surface area contributed by atoms with Crippen molar-refractivity contribution in [2.24, 2.45) is 5.92 Å². The maximum atomic E-state index is 13.9. The molecular weight excluding hydrogens is 411 g/mol. The van der Waals surface area contributed by atoms with Gasteiger partial charge >= 0.3 is 0 Å². The number of carbonyl (C=O) groups excluding carboxylic acids is 1. The zero-order valence-electron chi connectivity index (χ0n) is 14.8. The van der Waals surface area contributed by atoms with E-state index in [4.69, 9.17) is 11.6 Å². The smallest absolute Gasteiger partial charge is 0.252 e. The van der Waals surface area contributed by atoms with E-state index in [9.17, 15) is 17.6 Å². The third-order valence-corrected chi connectivity index (χ3v) is 8.35. The molecule has 0 aliphatic carbocycles. The molecule has 1 fully saturated rings. The number of benzene rings is 1. The molecule has 9 heteroatoms. The van der Waals surface area contributed by atoms with E-state index in [0.29, 0.717) is 30.1 Å². The van der Waals surface area contributed by atoms with Crippen LogP contribution in [0.3, 0.4) is 0 Å². The van der Waals surface area contributed by atoms with Crippen molar-refractivity contribution in [2.45, 2.75) is 23.6 Å². The number of hydrogen-bond acceptors (Lipinski definition) is 4. The quantitative estimate of drug-likeness (QED) is 0.728. The van der Waals surface area contributed by atoms with Crippen LogP contribution in [0, 0.1) is 11.7 Å². The average Bonchev–Trinajstić information content (AvgIpc) is 3.20. The molecule has 1 aliphatic heterocycles. The largest absolute Gasteiger partial charge is 0.341 e. The zero-order chi connectivity index (χ0) is 19.6. The molecule has 1 aromatic carbocycles. The fourth-order valence-corrected chi connectivity index (χ4v) is 6.03. The number of nitrogens with zero attached hydrogens (tertiary/aromatic N) is 2. The van der Waals surface area contributed by atoms with Gasteiger partial charge in [0, 0.05) is 43.2 Å². The second kappa shape index (κ2) is 8.26. The number of rotatable bonds is 5. The molecule has 3 rings (SSSR count). The molecule has 1 amide bonds. The Morgan fingerprint density at radius 2 is 2.00 bits per heavy atom. The van der Waals surface area contributed by atoms with Crippen LogP contribution in [0.4, 0.5) is 4.39 Å². The van der Waals surface area contributed by atoms with E-state index in [0.717, 1.165) is 0 Å². The van der Waals surface area contributed by atoms with Crippen LogP contribution in [-0.4, -0.2) is 43.7 Å². The molecule has 0 saturated carbocycles. The predicted molar refractivity (Wildman–Crippen MR) is 104 cm³/mol. The van der Waals surface area contributed by atoms with E-state index < -0.39 is 15.8 Å². The Balaban J connectivity index is 1.61. The van der Waals surface area contributed by atoms with Crippen LogP contribution >= 0.6 is 22.9 Å². The van der Waals surface area contributed by atoms with E-state index in [1.54, 1.807) is 30.6 Å². The minimum atomic E-state index is -3.49. The molecule has 146 valence electrons. The van der Waals surface area contributed by atoms with Crippen molar-refractivity contribution in [1.82, 2.24) is 9.21 Å². The fraction of sp³-hybridized carbons (Fsp3) is 0.389. The highest BCUT2D eigenvalue weighted by Gasteiger charge is 2.33. The van der Waals surface area contributed by atoms with Crippen LogP contribution < -0.4 is 0 Å². The van der Waals surface area contributed by atoms with Crippen LogP contribution in [0.15, 0.2) is 39.9 Å². The Hall–Kier alpha value is -1.48. The number of amides is 1. The lowest BCUT2D eigenvalue weighted by molar-refractivity contribution is -0.135. The minimum absolute atomic E-state index is 0.0814. The predicted octanol–water partition coefficient (Wildman–Crippen LogP) is 3.60. The third-order valence-electron chi connectivity index (χ3n) is 4.73. The monoisotopic (exact) mass is 430 g/mol. The SMILES string of the molecule is CN(Cc1c(F)cccc1Cl)C(=O)C1CCN(S(=O)(=O)c2cccs2)CC1. The van der Waals surface area contributed by atoms with E-state index in [1.165, 1.54) is 32.7 Å². The molecule has 0 N–H and O–H groups in total. The van der Waals surface area contributed by atoms with Crippen LogP contribution in [0.5, 0.6) is 0 Å². The Bertz CT molecular complexity index is 890. The summed E-state index contributed by atoms with van der Waals surface area (Å²) in [5.74, 6) is -0.850. The van der Waals surface area contributed by atoms with Crippen LogP contribution in [0.1, 0.15) is 18.4 Å². The number of hydrogen-bond donors (Lipinski definition) is 0. The van der Waals surface area contributed by atoms with Crippen molar-refractivity contribution >= 4 is 38.9 Å². The zero-order valence-corrected chi connectivity index (χ0v) is 17.2. The number of halogens is 2. The van der Waals surface area contributed by atoms with Crippen LogP contribution in [0.2, 0.25) is 5.02 Å². The van der Waals surface area contributed by atoms with E-state index in [2.05, 4.69) is 0 Å². The number of thiophene rings is 1. The molecule has 2 aromatic rings. The van der Waals surface area contributed by atoms with Gasteiger partial charge in [0.05, 0.1) is 0 Å². The molecular formula is C18H20ClFN2O3S2. The van der Waals surface area contributed by atoms with Gasteiger partial charge in [-0.2, -0.15) is 4.31 Å². The van der Waals surface area contributed by atoms with Gasteiger partial charge in [0.1, 0.15) is 10.0 Å². The van der Waals surface area contributed by atoms with Gasteiger partial charge in [-0.15, -0.1) is 11.3 Å². The molecule has 1 saturated heterocycles. The highest BCUT2D eigenvalue weighted by atomic mass is 35.5. The summed E-state index contributed by atoms with van der Waals surface area (Å²) in [4.78, 5) is 14.2. The number of carbonyl (C=O) groups is 1. The van der Waals surface area contributed by atoms with Gasteiger partial charge in [0.25, 0.3) is 10.0 Å². The van der Waals surface area contributed by atoms with Gasteiger partial charge in [0.2, 0.25) is 5.91 Å². The maximum absolute atomic E-state index is 13.9. The first-order chi connectivity index (χ1) is 12.8. The van der Waals surface area contributed by atoms with Gasteiger partial charge in [-0.1, -0.05) is 23.7 Å². The molecule has 0 unspecified atom stereocenters. The first kappa shape index (κ1) is 20.3. The topological polar surface area (TPSA) is 57.7 Å². The summed E-state index contributed by atoms with van der Waals surface area (Å²) in [5.41, 5.74) is 0.285. The van der Waals surface area contributed by atoms with Gasteiger partial charge in [0.15, 0.2) is 0 Å². The molecule has 1 aliphatic rings. The maximum Gasteiger partial charge on any atom is 0.252 e. The number of sulfonamides is 1. The van der Waals surface area contributed by atoms with Crippen molar-refractivity contribution in [3.8, 4) is 0 Å². The Morgan fingerprint density at radius 1 is 1.30 bits per heavy atom. The molecule has 2 heterocycles. The molecule has 0 atom stereocenters. The minimum Gasteiger partial charge on any atom is -0.341 e. The highest BCUT2D eigenvalue weighted by molar-refractivity contribution is 7.91. The molecule has 0 spiro atoms. The highest BCUT2D eigenvalue weighted by Crippen LogP contribution is 2.28. The number of piperidine rings is 1. The van der Waals surface area contributed by atoms with Crippen LogP contribution in [-0.2, 0) is 21.4 Å². The average molecular weight is 431 g/mol. The van der Waals surface area contributed by atoms with Crippen molar-refractivity contribution < 1.29 is 17.6 Å². The van der Waals surface area contributed by atoms with Gasteiger partial charge in [-0.05, 0) is 36.4 Å². The second-order valence-electron chi connectivity index (χ2n) is 6.50. The summed E-state index contributed by atoms with van der Waals surface area (Å²) in [6, 6.07) is 7.71. The van der Waals surface area contributed by atoms with Gasteiger partial charge in [-0.3, -0.25) is 4.79 Å². The van der Waals surface area contributed by atoms with Crippen molar-refractivity contribution in [2.75, 3.05) is 20.1 Å². The molecule has 0 bridgehead atoms. The summed E-state index contributed by atoms with van der Waals surface area (Å²) in [7, 11) is -1.88. The standard InChI is InChI=1S/C18H20ClFN2O3S2/c1-21(12-14-15(19)4-2-5-16(14)20)18(23)13-7-9-22(10-8-13)27(24,25)17-6-3-11-26-17/h2-6,11,13H,7-10,12H2,1H3. The van der Waals surface area contributed by atoms with Crippen molar-refractivity contribution in [1.29, 1.82) is 0 Å². The molecule has 1 aromatic heterocycles. The summed E-state index contributed by atoms with van der Waals surface area (Å²) in [6.07, 6.45) is 0.886. The van der Waals surface area contributed by atoms with Crippen LogP contribution in [0.25, 0.3) is 0 Å². The Labute approximate surface area is 167 Å². The lowest BCUT2D eigenvalue weighted by Gasteiger charge is -2.32. The molecule has 0 radical (unpaired) electrons. The second-order valence-corrected chi connectivity index (χ2v) is 10.0. The molecule has 5 nitrogen and oxygen atoms in total. The lowest BCUT2D eigenvalue weighted by atomic mass is 9.96. The van der Waals surface area contributed by atoms with Gasteiger partial charge in [-0.25, -0.2) is 12.8 Å². The van der Waals surface area contributed by atoms with Gasteiger partial charge < -0.3 is 4.90 Å². The summed E-state index contributed by atoms with van der Waals surface area (Å²) < 4.78 is 40.8. The lowest BCUT2D eigenvalue weighted by Crippen LogP contribution is -2.43. The van der Waals surface area contributed by atoms with E-state index in [1.807, 2.05) is 0 Å². The summed E-state index contributed by atoms with van der Waals surface area (Å²) in [6.45, 7) is 0.675. The first-order valence-electron chi connectivity index (χ1n) is 8.52. The Kier molecular flexibility index (Phi) is 6.20. The van der Waals surface area contributed by atoms with E-state index in [-0.39, 0.29) is 29.0 Å². The van der Waals surface area contributed by atoms with Crippen molar-refractivity contribution in [3.63, 3.8) is 0 Å². The summed E-state index contributed by atoms with van der Waals surface area (Å²) >= 11 is 7.22.